The molecule has 3 rings (SSSR count). The van der Waals surface area contributed by atoms with Crippen molar-refractivity contribution in [3.63, 3.8) is 0 Å². The standard InChI is InChI=1S/C17H18N2O2S/c1-3-4-9-21-17-15-13-10-11(22-2)5-6-12(13)16(20)19-14(15)7-8-18-17/h5-8,10H,3-4,9H2,1-2H3,(H,19,20). The van der Waals surface area contributed by atoms with Crippen LogP contribution in [-0.2, 0) is 0 Å². The van der Waals surface area contributed by atoms with Gasteiger partial charge in [-0.3, -0.25) is 4.79 Å². The molecule has 0 aliphatic carbocycles. The Hall–Kier alpha value is -2.01. The topological polar surface area (TPSA) is 55.0 Å². The molecule has 114 valence electrons. The van der Waals surface area contributed by atoms with Crippen molar-refractivity contribution in [2.24, 2.45) is 0 Å². The van der Waals surface area contributed by atoms with Crippen LogP contribution >= 0.6 is 11.8 Å². The summed E-state index contributed by atoms with van der Waals surface area (Å²) in [5.74, 6) is 0.588. The fourth-order valence-electron chi connectivity index (χ4n) is 2.47. The first-order valence-electron chi connectivity index (χ1n) is 7.36. The van der Waals surface area contributed by atoms with Gasteiger partial charge in [0, 0.05) is 21.9 Å². The van der Waals surface area contributed by atoms with Crippen LogP contribution in [0.25, 0.3) is 21.7 Å². The van der Waals surface area contributed by atoms with Crippen LogP contribution in [0.15, 0.2) is 40.2 Å². The Kier molecular flexibility index (Phi) is 4.34. The Bertz CT molecular complexity index is 874. The van der Waals surface area contributed by atoms with Gasteiger partial charge in [0.25, 0.3) is 5.56 Å². The molecule has 0 aliphatic heterocycles. The van der Waals surface area contributed by atoms with Gasteiger partial charge in [0.15, 0.2) is 0 Å². The fourth-order valence-corrected chi connectivity index (χ4v) is 2.91. The largest absolute Gasteiger partial charge is 0.477 e. The molecule has 0 atom stereocenters. The van der Waals surface area contributed by atoms with E-state index in [9.17, 15) is 4.79 Å². The van der Waals surface area contributed by atoms with Crippen molar-refractivity contribution >= 4 is 33.4 Å². The molecule has 0 amide bonds. The van der Waals surface area contributed by atoms with E-state index in [4.69, 9.17) is 4.74 Å². The van der Waals surface area contributed by atoms with Crippen molar-refractivity contribution in [3.8, 4) is 5.88 Å². The van der Waals surface area contributed by atoms with E-state index in [1.165, 1.54) is 0 Å². The van der Waals surface area contributed by atoms with Crippen molar-refractivity contribution < 1.29 is 4.74 Å². The molecule has 1 N–H and O–H groups in total. The number of nitrogens with zero attached hydrogens (tertiary/aromatic N) is 1. The molecule has 5 heteroatoms. The molecule has 0 unspecified atom stereocenters. The van der Waals surface area contributed by atoms with Crippen LogP contribution in [0.3, 0.4) is 0 Å². The molecule has 2 heterocycles. The summed E-state index contributed by atoms with van der Waals surface area (Å²) < 4.78 is 5.84. The summed E-state index contributed by atoms with van der Waals surface area (Å²) in [6.45, 7) is 2.75. The Morgan fingerprint density at radius 3 is 2.91 bits per heavy atom. The number of fused-ring (bicyclic) bond motifs is 3. The van der Waals surface area contributed by atoms with Crippen LogP contribution in [0.4, 0.5) is 0 Å². The maximum atomic E-state index is 12.2. The van der Waals surface area contributed by atoms with E-state index in [0.29, 0.717) is 17.9 Å². The molecule has 3 aromatic rings. The smallest absolute Gasteiger partial charge is 0.256 e. The molecule has 0 saturated heterocycles. The molecule has 4 nitrogen and oxygen atoms in total. The number of thioether (sulfide) groups is 1. The number of unbranched alkanes of at least 4 members (excludes halogenated alkanes) is 1. The average molecular weight is 314 g/mol. The van der Waals surface area contributed by atoms with E-state index < -0.39 is 0 Å². The number of pyridine rings is 2. The zero-order chi connectivity index (χ0) is 15.5. The van der Waals surface area contributed by atoms with Crippen molar-refractivity contribution in [2.75, 3.05) is 12.9 Å². The summed E-state index contributed by atoms with van der Waals surface area (Å²) in [6.07, 6.45) is 5.74. The van der Waals surface area contributed by atoms with Gasteiger partial charge in [0.1, 0.15) is 0 Å². The average Bonchev–Trinajstić information content (AvgIpc) is 2.54. The summed E-state index contributed by atoms with van der Waals surface area (Å²) >= 11 is 1.65. The first-order chi connectivity index (χ1) is 10.7. The van der Waals surface area contributed by atoms with Crippen molar-refractivity contribution in [1.82, 2.24) is 9.97 Å². The van der Waals surface area contributed by atoms with E-state index in [-0.39, 0.29) is 5.56 Å². The first-order valence-corrected chi connectivity index (χ1v) is 8.58. The van der Waals surface area contributed by atoms with Gasteiger partial charge in [-0.15, -0.1) is 11.8 Å². The Balaban J connectivity index is 2.28. The maximum Gasteiger partial charge on any atom is 0.256 e. The number of hydrogen-bond donors (Lipinski definition) is 1. The molecule has 2 aromatic heterocycles. The third-order valence-corrected chi connectivity index (χ3v) is 4.37. The number of ether oxygens (including phenoxy) is 1. The monoisotopic (exact) mass is 314 g/mol. The van der Waals surface area contributed by atoms with Crippen molar-refractivity contribution in [1.29, 1.82) is 0 Å². The summed E-state index contributed by atoms with van der Waals surface area (Å²) in [5.41, 5.74) is 0.679. The molecule has 1 aromatic carbocycles. The normalized spacial score (nSPS) is 11.2. The van der Waals surface area contributed by atoms with E-state index in [0.717, 1.165) is 34.0 Å². The Morgan fingerprint density at radius 2 is 2.14 bits per heavy atom. The van der Waals surface area contributed by atoms with Gasteiger partial charge in [0.2, 0.25) is 5.88 Å². The van der Waals surface area contributed by atoms with Gasteiger partial charge in [-0.05, 0) is 36.9 Å². The molecular weight excluding hydrogens is 296 g/mol. The van der Waals surface area contributed by atoms with Gasteiger partial charge in [-0.1, -0.05) is 13.3 Å². The molecule has 0 aliphatic rings. The molecule has 22 heavy (non-hydrogen) atoms. The zero-order valence-corrected chi connectivity index (χ0v) is 13.5. The van der Waals surface area contributed by atoms with E-state index >= 15 is 0 Å². The minimum Gasteiger partial charge on any atom is -0.477 e. The minimum atomic E-state index is -0.0825. The molecule has 0 saturated carbocycles. The molecule has 0 radical (unpaired) electrons. The van der Waals surface area contributed by atoms with Crippen LogP contribution in [0, 0.1) is 0 Å². The predicted octanol–water partition coefficient (Wildman–Crippen LogP) is 3.98. The summed E-state index contributed by atoms with van der Waals surface area (Å²) in [4.78, 5) is 20.6. The number of hydrogen-bond acceptors (Lipinski definition) is 4. The van der Waals surface area contributed by atoms with Gasteiger partial charge < -0.3 is 9.72 Å². The lowest BCUT2D eigenvalue weighted by Gasteiger charge is -2.10. The Morgan fingerprint density at radius 1 is 1.27 bits per heavy atom. The van der Waals surface area contributed by atoms with E-state index in [1.54, 1.807) is 18.0 Å². The van der Waals surface area contributed by atoms with Crippen LogP contribution < -0.4 is 10.3 Å². The summed E-state index contributed by atoms with van der Waals surface area (Å²) in [7, 11) is 0. The van der Waals surface area contributed by atoms with Gasteiger partial charge in [-0.2, -0.15) is 0 Å². The van der Waals surface area contributed by atoms with E-state index in [1.807, 2.05) is 30.5 Å². The number of benzene rings is 1. The lowest BCUT2D eigenvalue weighted by molar-refractivity contribution is 0.302. The van der Waals surface area contributed by atoms with Gasteiger partial charge in [-0.25, -0.2) is 4.98 Å². The lowest BCUT2D eigenvalue weighted by atomic mass is 10.1. The third-order valence-electron chi connectivity index (χ3n) is 3.64. The van der Waals surface area contributed by atoms with Crippen molar-refractivity contribution in [3.05, 3.63) is 40.8 Å². The van der Waals surface area contributed by atoms with Crippen LogP contribution in [0.5, 0.6) is 5.88 Å². The highest BCUT2D eigenvalue weighted by molar-refractivity contribution is 7.98. The first kappa shape index (κ1) is 14.9. The summed E-state index contributed by atoms with van der Waals surface area (Å²) in [6, 6.07) is 7.67. The number of aromatic amines is 1. The number of aromatic nitrogens is 2. The molecule has 0 spiro atoms. The lowest BCUT2D eigenvalue weighted by Crippen LogP contribution is -2.08. The quantitative estimate of drug-likeness (QED) is 0.440. The fraction of sp³-hybridized carbons (Fsp3) is 0.294. The molecule has 0 bridgehead atoms. The van der Waals surface area contributed by atoms with Crippen LogP contribution in [0.1, 0.15) is 19.8 Å². The van der Waals surface area contributed by atoms with E-state index in [2.05, 4.69) is 16.9 Å². The van der Waals surface area contributed by atoms with Gasteiger partial charge in [0.05, 0.1) is 17.5 Å². The number of nitrogens with one attached hydrogen (secondary N) is 1. The van der Waals surface area contributed by atoms with Crippen LogP contribution in [-0.4, -0.2) is 22.8 Å². The highest BCUT2D eigenvalue weighted by Gasteiger charge is 2.11. The second kappa shape index (κ2) is 6.40. The summed E-state index contributed by atoms with van der Waals surface area (Å²) in [5, 5.41) is 2.44. The third kappa shape index (κ3) is 2.68. The van der Waals surface area contributed by atoms with Crippen molar-refractivity contribution in [2.45, 2.75) is 24.7 Å². The van der Waals surface area contributed by atoms with Crippen LogP contribution in [0.2, 0.25) is 0 Å². The predicted molar refractivity (Wildman–Crippen MR) is 92.1 cm³/mol. The zero-order valence-electron chi connectivity index (χ0n) is 12.7. The molecule has 0 fully saturated rings. The van der Waals surface area contributed by atoms with Gasteiger partial charge >= 0.3 is 0 Å². The maximum absolute atomic E-state index is 12.2. The Labute approximate surface area is 132 Å². The number of H-pyrrole nitrogens is 1. The highest BCUT2D eigenvalue weighted by atomic mass is 32.2. The highest BCUT2D eigenvalue weighted by Crippen LogP contribution is 2.30. The second-order valence-corrected chi connectivity index (χ2v) is 5.99. The SMILES string of the molecule is CCCCOc1nccc2[nH]c(=O)c3ccc(SC)cc3c12. The second-order valence-electron chi connectivity index (χ2n) is 5.11. The minimum absolute atomic E-state index is 0.0825. The molecular formula is C17H18N2O2S. The number of rotatable bonds is 5.